The summed E-state index contributed by atoms with van der Waals surface area (Å²) in [7, 11) is -3.53. The Balaban J connectivity index is 2.27. The molecule has 0 saturated carbocycles. The van der Waals surface area contributed by atoms with Gasteiger partial charge in [-0.25, -0.2) is 8.42 Å². The Morgan fingerprint density at radius 2 is 1.76 bits per heavy atom. The summed E-state index contributed by atoms with van der Waals surface area (Å²) in [6, 6.07) is 14.2. The highest BCUT2D eigenvalue weighted by Crippen LogP contribution is 2.18. The van der Waals surface area contributed by atoms with Crippen LogP contribution in [0.5, 0.6) is 0 Å². The molecule has 0 radical (unpaired) electrons. The lowest BCUT2D eigenvalue weighted by molar-refractivity contribution is 0.600. The molecule has 0 fully saturated rings. The molecule has 2 aromatic rings. The van der Waals surface area contributed by atoms with Crippen molar-refractivity contribution in [1.29, 1.82) is 0 Å². The lowest BCUT2D eigenvalue weighted by atomic mass is 10.1. The second-order valence-electron chi connectivity index (χ2n) is 4.70. The van der Waals surface area contributed by atoms with E-state index in [2.05, 4.69) is 4.72 Å². The van der Waals surface area contributed by atoms with Crippen LogP contribution in [0.3, 0.4) is 0 Å². The first-order chi connectivity index (χ1) is 9.89. The van der Waals surface area contributed by atoms with Gasteiger partial charge in [0.25, 0.3) is 0 Å². The third-order valence-electron chi connectivity index (χ3n) is 3.04. The molecule has 2 aromatic carbocycles. The number of hydrogen-bond acceptors (Lipinski definition) is 3. The molecular weight excluding hydrogens is 304 g/mol. The van der Waals surface area contributed by atoms with Crippen LogP contribution in [-0.4, -0.2) is 13.4 Å². The largest absolute Gasteiger partial charge is 0.389 e. The van der Waals surface area contributed by atoms with E-state index in [0.717, 1.165) is 5.56 Å². The van der Waals surface area contributed by atoms with E-state index in [0.29, 0.717) is 16.8 Å². The average Bonchev–Trinajstić information content (AvgIpc) is 2.41. The van der Waals surface area contributed by atoms with E-state index in [-0.39, 0.29) is 10.7 Å². The Morgan fingerprint density at radius 1 is 1.14 bits per heavy atom. The van der Waals surface area contributed by atoms with Gasteiger partial charge >= 0.3 is 0 Å². The average molecular weight is 320 g/mol. The van der Waals surface area contributed by atoms with Crippen molar-refractivity contribution < 1.29 is 8.42 Å². The van der Waals surface area contributed by atoms with Gasteiger partial charge in [-0.1, -0.05) is 54.7 Å². The number of sulfonamides is 1. The van der Waals surface area contributed by atoms with E-state index in [4.69, 9.17) is 18.0 Å². The molecule has 0 aliphatic carbocycles. The van der Waals surface area contributed by atoms with Crippen LogP contribution in [0.4, 0.5) is 5.69 Å². The lowest BCUT2D eigenvalue weighted by Crippen LogP contribution is -2.19. The van der Waals surface area contributed by atoms with E-state index in [9.17, 15) is 8.42 Å². The fraction of sp³-hybridized carbons (Fsp3) is 0.133. The molecule has 21 heavy (non-hydrogen) atoms. The first-order valence-electron chi connectivity index (χ1n) is 6.33. The number of thiocarbonyl (C=S) groups is 1. The van der Waals surface area contributed by atoms with Gasteiger partial charge < -0.3 is 5.73 Å². The molecule has 0 heterocycles. The summed E-state index contributed by atoms with van der Waals surface area (Å²) < 4.78 is 27.2. The van der Waals surface area contributed by atoms with Crippen molar-refractivity contribution in [2.45, 2.75) is 12.7 Å². The van der Waals surface area contributed by atoms with Gasteiger partial charge in [-0.05, 0) is 24.1 Å². The quantitative estimate of drug-likeness (QED) is 0.831. The Kier molecular flexibility index (Phi) is 4.59. The minimum absolute atomic E-state index is 0.172. The zero-order valence-corrected chi connectivity index (χ0v) is 13.2. The highest BCUT2D eigenvalue weighted by molar-refractivity contribution is 7.91. The third-order valence-corrected chi connectivity index (χ3v) is 4.48. The Labute approximate surface area is 130 Å². The summed E-state index contributed by atoms with van der Waals surface area (Å²) in [5.74, 6) is -0.172. The molecule has 0 spiro atoms. The van der Waals surface area contributed by atoms with Gasteiger partial charge in [-0.3, -0.25) is 4.72 Å². The molecule has 0 aliphatic rings. The van der Waals surface area contributed by atoms with Crippen molar-refractivity contribution in [3.63, 3.8) is 0 Å². The number of para-hydroxylation sites is 1. The molecule has 4 nitrogen and oxygen atoms in total. The van der Waals surface area contributed by atoms with Crippen molar-refractivity contribution in [2.24, 2.45) is 5.73 Å². The molecule has 3 N–H and O–H groups in total. The van der Waals surface area contributed by atoms with Gasteiger partial charge in [0, 0.05) is 5.56 Å². The second kappa shape index (κ2) is 6.24. The molecule has 6 heteroatoms. The van der Waals surface area contributed by atoms with Crippen LogP contribution in [0.2, 0.25) is 0 Å². The number of nitrogens with two attached hydrogens (primary N) is 1. The fourth-order valence-electron chi connectivity index (χ4n) is 1.98. The van der Waals surface area contributed by atoms with E-state index >= 15 is 0 Å². The van der Waals surface area contributed by atoms with Crippen molar-refractivity contribution in [3.8, 4) is 0 Å². The Morgan fingerprint density at radius 3 is 2.43 bits per heavy atom. The van der Waals surface area contributed by atoms with Gasteiger partial charge in [0.05, 0.1) is 11.4 Å². The van der Waals surface area contributed by atoms with Gasteiger partial charge in [-0.15, -0.1) is 0 Å². The summed E-state index contributed by atoms with van der Waals surface area (Å²) >= 11 is 4.95. The maximum atomic E-state index is 12.3. The summed E-state index contributed by atoms with van der Waals surface area (Å²) in [6.07, 6.45) is 0. The van der Waals surface area contributed by atoms with Crippen molar-refractivity contribution in [2.75, 3.05) is 4.72 Å². The zero-order valence-electron chi connectivity index (χ0n) is 11.5. The second-order valence-corrected chi connectivity index (χ2v) is 6.86. The highest BCUT2D eigenvalue weighted by Gasteiger charge is 2.16. The Hall–Kier alpha value is -1.92. The van der Waals surface area contributed by atoms with Gasteiger partial charge in [-0.2, -0.15) is 0 Å². The van der Waals surface area contributed by atoms with Crippen molar-refractivity contribution in [1.82, 2.24) is 0 Å². The summed E-state index contributed by atoms with van der Waals surface area (Å²) in [5.41, 5.74) is 8.24. The van der Waals surface area contributed by atoms with Crippen LogP contribution in [0, 0.1) is 6.92 Å². The molecule has 0 atom stereocenters. The predicted molar refractivity (Wildman–Crippen MR) is 89.8 cm³/mol. The smallest absolute Gasteiger partial charge is 0.236 e. The van der Waals surface area contributed by atoms with Gasteiger partial charge in [0.1, 0.15) is 4.99 Å². The van der Waals surface area contributed by atoms with Crippen molar-refractivity contribution >= 4 is 32.9 Å². The van der Waals surface area contributed by atoms with Gasteiger partial charge in [0.2, 0.25) is 10.0 Å². The number of anilines is 1. The molecule has 0 amide bonds. The van der Waals surface area contributed by atoms with Crippen LogP contribution in [0.1, 0.15) is 16.7 Å². The molecule has 0 aromatic heterocycles. The predicted octanol–water partition coefficient (Wildman–Crippen LogP) is 2.57. The van der Waals surface area contributed by atoms with Crippen molar-refractivity contribution in [3.05, 3.63) is 65.2 Å². The molecule has 0 bridgehead atoms. The maximum absolute atomic E-state index is 12.3. The molecule has 110 valence electrons. The first-order valence-corrected chi connectivity index (χ1v) is 8.39. The number of nitrogens with one attached hydrogen (secondary N) is 1. The highest BCUT2D eigenvalue weighted by atomic mass is 32.2. The minimum Gasteiger partial charge on any atom is -0.389 e. The fourth-order valence-corrected chi connectivity index (χ4v) is 3.48. The Bertz CT molecular complexity index is 771. The number of aryl methyl sites for hydroxylation is 1. The van der Waals surface area contributed by atoms with E-state index in [1.165, 1.54) is 0 Å². The van der Waals surface area contributed by atoms with Crippen LogP contribution >= 0.6 is 12.2 Å². The molecule has 0 saturated heterocycles. The summed E-state index contributed by atoms with van der Waals surface area (Å²) in [6.45, 7) is 1.85. The summed E-state index contributed by atoms with van der Waals surface area (Å²) in [4.78, 5) is 0.191. The first kappa shape index (κ1) is 15.5. The monoisotopic (exact) mass is 320 g/mol. The van der Waals surface area contributed by atoms with E-state index < -0.39 is 10.0 Å². The SMILES string of the molecule is Cc1ccccc1NS(=O)(=O)Cc1ccccc1C(N)=S. The molecule has 0 aliphatic heterocycles. The molecular formula is C15H16N2O2S2. The maximum Gasteiger partial charge on any atom is 0.236 e. The van der Waals surface area contributed by atoms with Gasteiger partial charge in [0.15, 0.2) is 0 Å². The topological polar surface area (TPSA) is 72.2 Å². The van der Waals surface area contributed by atoms with E-state index in [1.54, 1.807) is 36.4 Å². The van der Waals surface area contributed by atoms with Crippen LogP contribution in [-0.2, 0) is 15.8 Å². The number of hydrogen-bond donors (Lipinski definition) is 2. The zero-order chi connectivity index (χ0) is 15.5. The lowest BCUT2D eigenvalue weighted by Gasteiger charge is -2.12. The van der Waals surface area contributed by atoms with Crippen LogP contribution in [0.15, 0.2) is 48.5 Å². The molecule has 0 unspecified atom stereocenters. The molecule has 2 rings (SSSR count). The normalized spacial score (nSPS) is 11.1. The van der Waals surface area contributed by atoms with Crippen LogP contribution < -0.4 is 10.5 Å². The standard InChI is InChI=1S/C15H16N2O2S2/c1-11-6-2-5-9-14(11)17-21(18,19)10-12-7-3-4-8-13(12)15(16)20/h2-9,17H,10H2,1H3,(H2,16,20). The minimum atomic E-state index is -3.53. The number of rotatable bonds is 5. The van der Waals surface area contributed by atoms with Crippen LogP contribution in [0.25, 0.3) is 0 Å². The number of benzene rings is 2. The van der Waals surface area contributed by atoms with E-state index in [1.807, 2.05) is 19.1 Å². The summed E-state index contributed by atoms with van der Waals surface area (Å²) in [5, 5.41) is 0. The third kappa shape index (κ3) is 4.03.